The van der Waals surface area contributed by atoms with Crippen LogP contribution in [0.2, 0.25) is 5.02 Å². The zero-order chi connectivity index (χ0) is 14.3. The molecule has 0 fully saturated rings. The summed E-state index contributed by atoms with van der Waals surface area (Å²) in [5.41, 5.74) is 2.39. The maximum Gasteiger partial charge on any atom is 0.0587 e. The van der Waals surface area contributed by atoms with E-state index in [4.69, 9.17) is 16.3 Å². The molecule has 0 bridgehead atoms. The van der Waals surface area contributed by atoms with Gasteiger partial charge in [-0.25, -0.2) is 0 Å². The highest BCUT2D eigenvalue weighted by molar-refractivity contribution is 9.10. The SMILES string of the molecule is COCCNC/C(=C/c1ccc(Br)cc1Cl)C(C)C. The second-order valence-electron chi connectivity index (χ2n) is 4.71. The maximum absolute atomic E-state index is 6.25. The first-order chi connectivity index (χ1) is 9.04. The van der Waals surface area contributed by atoms with E-state index in [1.165, 1.54) is 5.57 Å². The largest absolute Gasteiger partial charge is 0.383 e. The Balaban J connectivity index is 2.76. The molecule has 0 atom stereocenters. The van der Waals surface area contributed by atoms with Gasteiger partial charge in [0, 0.05) is 29.7 Å². The first kappa shape index (κ1) is 16.7. The van der Waals surface area contributed by atoms with Gasteiger partial charge in [0.05, 0.1) is 6.61 Å². The topological polar surface area (TPSA) is 21.3 Å². The number of methoxy groups -OCH3 is 1. The van der Waals surface area contributed by atoms with Crippen LogP contribution in [-0.4, -0.2) is 26.8 Å². The lowest BCUT2D eigenvalue weighted by atomic mass is 10.00. The van der Waals surface area contributed by atoms with Crippen LogP contribution < -0.4 is 5.32 Å². The fraction of sp³-hybridized carbons (Fsp3) is 0.467. The number of ether oxygens (including phenoxy) is 1. The lowest BCUT2D eigenvalue weighted by Crippen LogP contribution is -2.23. The standard InChI is InChI=1S/C15H21BrClNO/c1-11(2)13(10-18-6-7-19-3)8-12-4-5-14(16)9-15(12)17/h4-5,8-9,11,18H,6-7,10H2,1-3H3/b13-8-. The minimum absolute atomic E-state index is 0.481. The highest BCUT2D eigenvalue weighted by Gasteiger charge is 2.05. The molecule has 0 aliphatic rings. The predicted octanol–water partition coefficient (Wildman–Crippen LogP) is 4.38. The number of hydrogen-bond donors (Lipinski definition) is 1. The Morgan fingerprint density at radius 3 is 2.79 bits per heavy atom. The first-order valence-electron chi connectivity index (χ1n) is 6.39. The molecule has 0 saturated carbocycles. The number of hydrogen-bond acceptors (Lipinski definition) is 2. The van der Waals surface area contributed by atoms with E-state index in [-0.39, 0.29) is 0 Å². The van der Waals surface area contributed by atoms with Crippen molar-refractivity contribution in [2.24, 2.45) is 5.92 Å². The minimum atomic E-state index is 0.481. The monoisotopic (exact) mass is 345 g/mol. The van der Waals surface area contributed by atoms with Crippen molar-refractivity contribution < 1.29 is 4.74 Å². The van der Waals surface area contributed by atoms with Crippen LogP contribution >= 0.6 is 27.5 Å². The van der Waals surface area contributed by atoms with Crippen LogP contribution in [0.4, 0.5) is 0 Å². The van der Waals surface area contributed by atoms with Crippen molar-refractivity contribution in [1.82, 2.24) is 5.32 Å². The molecule has 0 unspecified atom stereocenters. The van der Waals surface area contributed by atoms with E-state index in [1.54, 1.807) is 7.11 Å². The summed E-state index contributed by atoms with van der Waals surface area (Å²) < 4.78 is 6.03. The van der Waals surface area contributed by atoms with Crippen LogP contribution in [0.25, 0.3) is 6.08 Å². The van der Waals surface area contributed by atoms with Gasteiger partial charge in [-0.15, -0.1) is 0 Å². The molecule has 4 heteroatoms. The third-order valence-electron chi connectivity index (χ3n) is 2.86. The van der Waals surface area contributed by atoms with Crippen molar-refractivity contribution in [2.75, 3.05) is 26.8 Å². The van der Waals surface area contributed by atoms with Crippen molar-refractivity contribution in [3.8, 4) is 0 Å². The van der Waals surface area contributed by atoms with Gasteiger partial charge in [-0.05, 0) is 23.6 Å². The number of nitrogens with one attached hydrogen (secondary N) is 1. The van der Waals surface area contributed by atoms with Gasteiger partial charge in [-0.3, -0.25) is 0 Å². The molecule has 1 rings (SSSR count). The summed E-state index contributed by atoms with van der Waals surface area (Å²) in [6.07, 6.45) is 2.17. The Morgan fingerprint density at radius 2 is 2.21 bits per heavy atom. The summed E-state index contributed by atoms with van der Waals surface area (Å²) in [6, 6.07) is 5.96. The molecular formula is C15H21BrClNO. The molecular weight excluding hydrogens is 326 g/mol. The summed E-state index contributed by atoms with van der Waals surface area (Å²) in [5, 5.41) is 4.14. The van der Waals surface area contributed by atoms with Gasteiger partial charge >= 0.3 is 0 Å². The van der Waals surface area contributed by atoms with Crippen LogP contribution in [0, 0.1) is 5.92 Å². The third kappa shape index (κ3) is 6.09. The normalized spacial score (nSPS) is 12.2. The molecule has 19 heavy (non-hydrogen) atoms. The molecule has 0 saturated heterocycles. The van der Waals surface area contributed by atoms with E-state index in [0.29, 0.717) is 5.92 Å². The van der Waals surface area contributed by atoms with Crippen molar-refractivity contribution in [3.63, 3.8) is 0 Å². The summed E-state index contributed by atoms with van der Waals surface area (Å²) in [6.45, 7) is 6.82. The van der Waals surface area contributed by atoms with Crippen molar-refractivity contribution >= 4 is 33.6 Å². The molecule has 1 aromatic rings. The van der Waals surface area contributed by atoms with Crippen LogP contribution in [0.5, 0.6) is 0 Å². The van der Waals surface area contributed by atoms with Crippen molar-refractivity contribution in [3.05, 3.63) is 38.8 Å². The van der Waals surface area contributed by atoms with Crippen LogP contribution in [0.3, 0.4) is 0 Å². The molecule has 1 N–H and O–H groups in total. The quantitative estimate of drug-likeness (QED) is 0.740. The fourth-order valence-corrected chi connectivity index (χ4v) is 2.38. The molecule has 1 aromatic carbocycles. The molecule has 0 amide bonds. The van der Waals surface area contributed by atoms with Crippen LogP contribution in [0.15, 0.2) is 28.2 Å². The number of rotatable bonds is 7. The van der Waals surface area contributed by atoms with Crippen molar-refractivity contribution in [1.29, 1.82) is 0 Å². The first-order valence-corrected chi connectivity index (χ1v) is 7.57. The molecule has 106 valence electrons. The summed E-state index contributed by atoms with van der Waals surface area (Å²) in [4.78, 5) is 0. The average Bonchev–Trinajstić information content (AvgIpc) is 2.35. The van der Waals surface area contributed by atoms with E-state index in [0.717, 1.165) is 34.8 Å². The second-order valence-corrected chi connectivity index (χ2v) is 6.03. The van der Waals surface area contributed by atoms with E-state index in [1.807, 2.05) is 18.2 Å². The molecule has 0 aliphatic heterocycles. The molecule has 0 spiro atoms. The predicted molar refractivity (Wildman–Crippen MR) is 86.7 cm³/mol. The second kappa shape index (κ2) is 8.75. The van der Waals surface area contributed by atoms with E-state index < -0.39 is 0 Å². The summed E-state index contributed by atoms with van der Waals surface area (Å²) >= 11 is 9.67. The molecule has 0 aromatic heterocycles. The lowest BCUT2D eigenvalue weighted by Gasteiger charge is -2.13. The minimum Gasteiger partial charge on any atom is -0.383 e. The highest BCUT2D eigenvalue weighted by Crippen LogP contribution is 2.24. The summed E-state index contributed by atoms with van der Waals surface area (Å²) in [5.74, 6) is 0.481. The average molecular weight is 347 g/mol. The zero-order valence-corrected chi connectivity index (χ0v) is 14.0. The van der Waals surface area contributed by atoms with E-state index in [9.17, 15) is 0 Å². The van der Waals surface area contributed by atoms with Gasteiger partial charge in [-0.2, -0.15) is 0 Å². The molecule has 0 radical (unpaired) electrons. The Kier molecular flexibility index (Phi) is 7.69. The van der Waals surface area contributed by atoms with Gasteiger partial charge in [0.15, 0.2) is 0 Å². The summed E-state index contributed by atoms with van der Waals surface area (Å²) in [7, 11) is 1.71. The number of halogens is 2. The Labute approximate surface area is 129 Å². The Hall–Kier alpha value is -0.350. The van der Waals surface area contributed by atoms with Gasteiger partial charge in [-0.1, -0.05) is 59.1 Å². The smallest absolute Gasteiger partial charge is 0.0587 e. The maximum atomic E-state index is 6.25. The van der Waals surface area contributed by atoms with Crippen molar-refractivity contribution in [2.45, 2.75) is 13.8 Å². The lowest BCUT2D eigenvalue weighted by molar-refractivity contribution is 0.200. The molecule has 0 heterocycles. The van der Waals surface area contributed by atoms with Gasteiger partial charge in [0.25, 0.3) is 0 Å². The fourth-order valence-electron chi connectivity index (χ4n) is 1.65. The number of benzene rings is 1. The van der Waals surface area contributed by atoms with E-state index >= 15 is 0 Å². The highest BCUT2D eigenvalue weighted by atomic mass is 79.9. The zero-order valence-electron chi connectivity index (χ0n) is 11.7. The Bertz CT molecular complexity index is 432. The van der Waals surface area contributed by atoms with Gasteiger partial charge < -0.3 is 10.1 Å². The van der Waals surface area contributed by atoms with Crippen LogP contribution in [0.1, 0.15) is 19.4 Å². The van der Waals surface area contributed by atoms with Crippen LogP contribution in [-0.2, 0) is 4.74 Å². The molecule has 2 nitrogen and oxygen atoms in total. The van der Waals surface area contributed by atoms with Gasteiger partial charge in [0.1, 0.15) is 0 Å². The molecule has 0 aliphatic carbocycles. The Morgan fingerprint density at radius 1 is 1.47 bits per heavy atom. The third-order valence-corrected chi connectivity index (χ3v) is 3.68. The van der Waals surface area contributed by atoms with E-state index in [2.05, 4.69) is 41.2 Å². The van der Waals surface area contributed by atoms with Gasteiger partial charge in [0.2, 0.25) is 0 Å².